The first-order valence-corrected chi connectivity index (χ1v) is 12.4. The molecule has 5 rings (SSSR count). The summed E-state index contributed by atoms with van der Waals surface area (Å²) < 4.78 is 2.18. The number of H-pyrrole nitrogens is 1. The van der Waals surface area contributed by atoms with E-state index in [1.165, 1.54) is 0 Å². The molecule has 0 atom stereocenters. The van der Waals surface area contributed by atoms with Crippen LogP contribution in [0.4, 0.5) is 0 Å². The van der Waals surface area contributed by atoms with Crippen LogP contribution in [0.3, 0.4) is 0 Å². The lowest BCUT2D eigenvalue weighted by Crippen LogP contribution is -2.00. The van der Waals surface area contributed by atoms with Crippen LogP contribution in [0.15, 0.2) is 107 Å². The number of carboxylic acid groups (broad SMARTS) is 1. The number of hydrogen-bond acceptors (Lipinski definition) is 4. The zero-order chi connectivity index (χ0) is 24.9. The van der Waals surface area contributed by atoms with E-state index < -0.39 is 5.97 Å². The predicted octanol–water partition coefficient (Wildman–Crippen LogP) is 6.71. The molecule has 0 fully saturated rings. The van der Waals surface area contributed by atoms with Crippen molar-refractivity contribution < 1.29 is 9.90 Å². The summed E-state index contributed by atoms with van der Waals surface area (Å²) in [7, 11) is 0. The van der Waals surface area contributed by atoms with Crippen molar-refractivity contribution in [3.63, 3.8) is 0 Å². The Morgan fingerprint density at radius 3 is 2.14 bits per heavy atom. The molecule has 3 aromatic carbocycles. The first-order valence-electron chi connectivity index (χ1n) is 11.6. The van der Waals surface area contributed by atoms with Gasteiger partial charge < -0.3 is 9.67 Å². The van der Waals surface area contributed by atoms with Crippen molar-refractivity contribution in [3.05, 3.63) is 113 Å². The highest BCUT2D eigenvalue weighted by molar-refractivity contribution is 8.04. The predicted molar refractivity (Wildman–Crippen MR) is 144 cm³/mol. The molecule has 0 radical (unpaired) electrons. The number of aliphatic carboxylic acids is 1. The molecule has 2 N–H and O–H groups in total. The number of nitrogens with one attached hydrogen (secondary N) is 1. The maximum absolute atomic E-state index is 12.3. The van der Waals surface area contributed by atoms with Crippen molar-refractivity contribution in [2.45, 2.75) is 18.5 Å². The summed E-state index contributed by atoms with van der Waals surface area (Å²) in [5, 5.41) is 17.5. The van der Waals surface area contributed by atoms with Gasteiger partial charge in [-0.15, -0.1) is 5.10 Å². The van der Waals surface area contributed by atoms with E-state index in [0.29, 0.717) is 17.4 Å². The Bertz CT molecular complexity index is 1510. The van der Waals surface area contributed by atoms with Gasteiger partial charge in [-0.1, -0.05) is 85.8 Å². The molecule has 0 saturated heterocycles. The van der Waals surface area contributed by atoms with Crippen LogP contribution in [-0.4, -0.2) is 30.8 Å². The fourth-order valence-electron chi connectivity index (χ4n) is 4.05. The average Bonchev–Trinajstić information content (AvgIpc) is 3.54. The van der Waals surface area contributed by atoms with Gasteiger partial charge in [-0.3, -0.25) is 5.10 Å². The number of carboxylic acids is 1. The van der Waals surface area contributed by atoms with Gasteiger partial charge >= 0.3 is 5.97 Å². The van der Waals surface area contributed by atoms with Crippen molar-refractivity contribution in [3.8, 4) is 28.2 Å². The van der Waals surface area contributed by atoms with E-state index in [1.54, 1.807) is 6.08 Å². The van der Waals surface area contributed by atoms with Gasteiger partial charge in [0.15, 0.2) is 0 Å². The van der Waals surface area contributed by atoms with Crippen LogP contribution >= 0.6 is 11.8 Å². The van der Waals surface area contributed by atoms with Gasteiger partial charge in [0.05, 0.1) is 11.4 Å². The lowest BCUT2D eigenvalue weighted by atomic mass is 10.1. The van der Waals surface area contributed by atoms with E-state index in [1.807, 2.05) is 79.7 Å². The third-order valence-electron chi connectivity index (χ3n) is 5.71. The maximum Gasteiger partial charge on any atom is 0.342 e. The molecule has 2 aromatic heterocycles. The molecule has 0 aliphatic rings. The third-order valence-corrected chi connectivity index (χ3v) is 6.58. The second-order valence-corrected chi connectivity index (χ2v) is 9.08. The van der Waals surface area contributed by atoms with E-state index in [4.69, 9.17) is 0 Å². The van der Waals surface area contributed by atoms with E-state index >= 15 is 0 Å². The van der Waals surface area contributed by atoms with Crippen LogP contribution in [0, 0.1) is 0 Å². The van der Waals surface area contributed by atoms with Crippen LogP contribution in [0.2, 0.25) is 0 Å². The first-order chi connectivity index (χ1) is 17.6. The number of para-hydroxylation sites is 1. The van der Waals surface area contributed by atoms with Crippen molar-refractivity contribution in [2.24, 2.45) is 0 Å². The number of carbonyl (C=O) groups is 1. The summed E-state index contributed by atoms with van der Waals surface area (Å²) in [6, 6.07) is 32.3. The molecule has 7 heteroatoms. The zero-order valence-corrected chi connectivity index (χ0v) is 20.4. The number of nitrogens with zero attached hydrogens (tertiary/aromatic N) is 3. The minimum atomic E-state index is -1.03. The van der Waals surface area contributed by atoms with Crippen molar-refractivity contribution >= 4 is 23.8 Å². The number of benzene rings is 3. The van der Waals surface area contributed by atoms with E-state index in [0.717, 1.165) is 45.5 Å². The summed E-state index contributed by atoms with van der Waals surface area (Å²) in [6.45, 7) is 1.96. The molecular weight excluding hydrogens is 468 g/mol. The lowest BCUT2D eigenvalue weighted by Gasteiger charge is -2.15. The minimum absolute atomic E-state index is 0.138. The van der Waals surface area contributed by atoms with Crippen LogP contribution in [0.25, 0.3) is 34.3 Å². The van der Waals surface area contributed by atoms with Crippen LogP contribution in [0.1, 0.15) is 18.3 Å². The normalized spacial score (nSPS) is 11.5. The van der Waals surface area contributed by atoms with Crippen LogP contribution < -0.4 is 0 Å². The average molecular weight is 493 g/mol. The lowest BCUT2D eigenvalue weighted by molar-refractivity contribution is -0.131. The van der Waals surface area contributed by atoms with E-state index in [9.17, 15) is 9.90 Å². The summed E-state index contributed by atoms with van der Waals surface area (Å²) in [5.74, 6) is -0.315. The van der Waals surface area contributed by atoms with Crippen LogP contribution in [0.5, 0.6) is 0 Å². The molecule has 0 aliphatic carbocycles. The summed E-state index contributed by atoms with van der Waals surface area (Å²) in [6.07, 6.45) is 2.40. The Morgan fingerprint density at radius 2 is 1.56 bits per heavy atom. The monoisotopic (exact) mass is 492 g/mol. The zero-order valence-electron chi connectivity index (χ0n) is 19.6. The third kappa shape index (κ3) is 4.87. The van der Waals surface area contributed by atoms with Gasteiger partial charge in [-0.25, -0.2) is 9.78 Å². The Balaban J connectivity index is 1.75. The van der Waals surface area contributed by atoms with Crippen LogP contribution in [-0.2, 0) is 11.2 Å². The van der Waals surface area contributed by atoms with Gasteiger partial charge in [0, 0.05) is 17.7 Å². The fourth-order valence-corrected chi connectivity index (χ4v) is 4.77. The highest BCUT2D eigenvalue weighted by Crippen LogP contribution is 2.38. The standard InChI is InChI=1S/C29H24N4O2S/c1-2-26-30-29(32-31-26)36-25(28(34)35)19-22-18-24(20-12-6-3-7-13-20)33(23-16-10-5-11-17-23)27(22)21-14-8-4-9-15-21/h3-19H,2H2,1H3,(H,34,35)(H,30,31,32)/b25-19-. The van der Waals surface area contributed by atoms with Crippen molar-refractivity contribution in [2.75, 3.05) is 0 Å². The molecule has 178 valence electrons. The number of thioether (sulfide) groups is 1. The van der Waals surface area contributed by atoms with Gasteiger partial charge in [-0.05, 0) is 47.2 Å². The van der Waals surface area contributed by atoms with Gasteiger partial charge in [0.25, 0.3) is 0 Å². The molecule has 2 heterocycles. The SMILES string of the molecule is CCc1nc(S/C(=C\c2cc(-c3ccccc3)n(-c3ccccc3)c2-c2ccccc2)C(=O)O)n[nH]1. The quantitative estimate of drug-likeness (QED) is 0.186. The van der Waals surface area contributed by atoms with Gasteiger partial charge in [0.2, 0.25) is 5.16 Å². The number of aromatic nitrogens is 4. The maximum atomic E-state index is 12.3. The summed E-state index contributed by atoms with van der Waals surface area (Å²) >= 11 is 1.04. The van der Waals surface area contributed by atoms with Gasteiger partial charge in [-0.2, -0.15) is 0 Å². The molecule has 0 saturated carbocycles. The highest BCUT2D eigenvalue weighted by Gasteiger charge is 2.21. The van der Waals surface area contributed by atoms with Gasteiger partial charge in [0.1, 0.15) is 10.7 Å². The Hall–Kier alpha value is -4.36. The second-order valence-electron chi connectivity index (χ2n) is 8.07. The van der Waals surface area contributed by atoms with Crippen molar-refractivity contribution in [1.29, 1.82) is 0 Å². The molecular formula is C29H24N4O2S. The van der Waals surface area contributed by atoms with E-state index in [-0.39, 0.29) is 4.91 Å². The molecule has 0 unspecified atom stereocenters. The topological polar surface area (TPSA) is 83.8 Å². The highest BCUT2D eigenvalue weighted by atomic mass is 32.2. The first kappa shape index (κ1) is 23.4. The largest absolute Gasteiger partial charge is 0.477 e. The molecule has 6 nitrogen and oxygen atoms in total. The number of aromatic amines is 1. The molecule has 0 amide bonds. The molecule has 0 spiro atoms. The molecule has 5 aromatic rings. The second kappa shape index (κ2) is 10.5. The van der Waals surface area contributed by atoms with Crippen molar-refractivity contribution in [1.82, 2.24) is 19.7 Å². The van der Waals surface area contributed by atoms with E-state index in [2.05, 4.69) is 44.0 Å². The molecule has 0 aliphatic heterocycles. The molecule has 36 heavy (non-hydrogen) atoms. The number of aryl methyl sites for hydroxylation is 1. The summed E-state index contributed by atoms with van der Waals surface area (Å²) in [4.78, 5) is 16.8. The fraction of sp³-hybridized carbons (Fsp3) is 0.0690. The minimum Gasteiger partial charge on any atom is -0.477 e. The Kier molecular flexibility index (Phi) is 6.82. The summed E-state index contributed by atoms with van der Waals surface area (Å²) in [5.41, 5.74) is 5.66. The smallest absolute Gasteiger partial charge is 0.342 e. The Morgan fingerprint density at radius 1 is 0.944 bits per heavy atom. The number of hydrogen-bond donors (Lipinski definition) is 2. The number of rotatable bonds is 8. The Labute approximate surface area is 213 Å². The molecule has 0 bridgehead atoms.